The second-order valence-corrected chi connectivity index (χ2v) is 3.02. The smallest absolute Gasteiger partial charge is 0.151 e. The molecule has 0 bridgehead atoms. The number of aromatic nitrogens is 1. The van der Waals surface area contributed by atoms with Crippen molar-refractivity contribution in [2.45, 2.75) is 11.8 Å². The molecule has 0 aliphatic rings. The summed E-state index contributed by atoms with van der Waals surface area (Å²) in [5.74, 6) is 0. The summed E-state index contributed by atoms with van der Waals surface area (Å²) in [6.45, 7) is 1.93. The van der Waals surface area contributed by atoms with Crippen LogP contribution < -0.4 is 0 Å². The second-order valence-electron chi connectivity index (χ2n) is 2.17. The number of thioether (sulfide) groups is 1. The molecule has 0 N–H and O–H groups in total. The zero-order chi connectivity index (χ0) is 8.27. The van der Waals surface area contributed by atoms with Crippen LogP contribution in [0.15, 0.2) is 17.3 Å². The molecule has 1 rings (SSSR count). The van der Waals surface area contributed by atoms with Gasteiger partial charge in [-0.1, -0.05) is 0 Å². The Balaban J connectivity index is 3.20. The zero-order valence-electron chi connectivity index (χ0n) is 6.50. The van der Waals surface area contributed by atoms with Gasteiger partial charge in [0.25, 0.3) is 0 Å². The number of pyridine rings is 1. The van der Waals surface area contributed by atoms with Crippen LogP contribution in [-0.2, 0) is 0 Å². The fraction of sp³-hybridized carbons (Fsp3) is 0.250. The molecule has 0 fully saturated rings. The van der Waals surface area contributed by atoms with Crippen molar-refractivity contribution in [3.8, 4) is 0 Å². The van der Waals surface area contributed by atoms with E-state index >= 15 is 0 Å². The molecule has 0 aromatic carbocycles. The van der Waals surface area contributed by atoms with Gasteiger partial charge in [0.2, 0.25) is 0 Å². The third-order valence-corrected chi connectivity index (χ3v) is 2.41. The highest BCUT2D eigenvalue weighted by molar-refractivity contribution is 7.98. The number of nitrogens with zero attached hydrogens (tertiary/aromatic N) is 1. The lowest BCUT2D eigenvalue weighted by molar-refractivity contribution is 0.112. The van der Waals surface area contributed by atoms with Gasteiger partial charge in [-0.3, -0.25) is 9.78 Å². The number of aldehydes is 1. The Labute approximate surface area is 70.0 Å². The first-order valence-corrected chi connectivity index (χ1v) is 4.46. The van der Waals surface area contributed by atoms with E-state index in [0.29, 0.717) is 5.56 Å². The maximum atomic E-state index is 10.4. The van der Waals surface area contributed by atoms with Crippen LogP contribution >= 0.6 is 11.8 Å². The van der Waals surface area contributed by atoms with Crippen molar-refractivity contribution in [1.29, 1.82) is 0 Å². The molecule has 0 aliphatic carbocycles. The normalized spacial score (nSPS) is 9.64. The number of hydrogen-bond donors (Lipinski definition) is 0. The lowest BCUT2D eigenvalue weighted by Crippen LogP contribution is -1.90. The molecule has 0 saturated carbocycles. The summed E-state index contributed by atoms with van der Waals surface area (Å²) >= 11 is 1.60. The van der Waals surface area contributed by atoms with Crippen LogP contribution in [0.2, 0.25) is 0 Å². The SMILES string of the molecule is CSc1cncc(C=O)c1C. The first-order chi connectivity index (χ1) is 5.29. The number of hydrogen-bond acceptors (Lipinski definition) is 3. The lowest BCUT2D eigenvalue weighted by Gasteiger charge is -2.01. The Morgan fingerprint density at radius 2 is 2.27 bits per heavy atom. The molecular formula is C8H9NOS. The van der Waals surface area contributed by atoms with E-state index in [9.17, 15) is 4.79 Å². The molecule has 0 unspecified atom stereocenters. The Bertz CT molecular complexity index is 273. The van der Waals surface area contributed by atoms with Crippen LogP contribution in [0.25, 0.3) is 0 Å². The maximum Gasteiger partial charge on any atom is 0.151 e. The van der Waals surface area contributed by atoms with Crippen LogP contribution in [0.3, 0.4) is 0 Å². The van der Waals surface area contributed by atoms with Crippen molar-refractivity contribution in [3.05, 3.63) is 23.5 Å². The highest BCUT2D eigenvalue weighted by Gasteiger charge is 2.01. The van der Waals surface area contributed by atoms with Gasteiger partial charge in [-0.05, 0) is 18.7 Å². The molecule has 11 heavy (non-hydrogen) atoms. The van der Waals surface area contributed by atoms with Crippen LogP contribution in [-0.4, -0.2) is 17.5 Å². The van der Waals surface area contributed by atoms with E-state index in [1.165, 1.54) is 0 Å². The summed E-state index contributed by atoms with van der Waals surface area (Å²) in [6.07, 6.45) is 6.16. The summed E-state index contributed by atoms with van der Waals surface area (Å²) in [5, 5.41) is 0. The van der Waals surface area contributed by atoms with Gasteiger partial charge in [-0.25, -0.2) is 0 Å². The van der Waals surface area contributed by atoms with E-state index in [4.69, 9.17) is 0 Å². The molecule has 2 nitrogen and oxygen atoms in total. The molecule has 0 radical (unpaired) electrons. The van der Waals surface area contributed by atoms with Gasteiger partial charge in [-0.2, -0.15) is 0 Å². The molecule has 0 saturated heterocycles. The minimum absolute atomic E-state index is 0.678. The summed E-state index contributed by atoms with van der Waals surface area (Å²) in [5.41, 5.74) is 1.69. The van der Waals surface area contributed by atoms with E-state index in [1.807, 2.05) is 13.2 Å². The first-order valence-electron chi connectivity index (χ1n) is 3.23. The molecule has 1 aromatic rings. The fourth-order valence-electron chi connectivity index (χ4n) is 0.846. The quantitative estimate of drug-likeness (QED) is 0.498. The summed E-state index contributed by atoms with van der Waals surface area (Å²) in [4.78, 5) is 15.4. The Hall–Kier alpha value is -0.830. The first kappa shape index (κ1) is 8.27. The van der Waals surface area contributed by atoms with Crippen LogP contribution in [0.5, 0.6) is 0 Å². The number of rotatable bonds is 2. The van der Waals surface area contributed by atoms with Gasteiger partial charge in [-0.15, -0.1) is 11.8 Å². The molecule has 0 spiro atoms. The van der Waals surface area contributed by atoms with Gasteiger partial charge in [0, 0.05) is 22.9 Å². The highest BCUT2D eigenvalue weighted by Crippen LogP contribution is 2.19. The zero-order valence-corrected chi connectivity index (χ0v) is 7.31. The predicted molar refractivity (Wildman–Crippen MR) is 46.1 cm³/mol. The highest BCUT2D eigenvalue weighted by atomic mass is 32.2. The topological polar surface area (TPSA) is 30.0 Å². The van der Waals surface area contributed by atoms with Crippen molar-refractivity contribution in [2.75, 3.05) is 6.26 Å². The standard InChI is InChI=1S/C8H9NOS/c1-6-7(5-10)3-9-4-8(6)11-2/h3-5H,1-2H3. The Morgan fingerprint density at radius 1 is 1.55 bits per heavy atom. The minimum atomic E-state index is 0.678. The summed E-state index contributed by atoms with van der Waals surface area (Å²) in [7, 11) is 0. The Morgan fingerprint density at radius 3 is 2.82 bits per heavy atom. The van der Waals surface area contributed by atoms with E-state index < -0.39 is 0 Å². The molecule has 0 amide bonds. The van der Waals surface area contributed by atoms with Gasteiger partial charge in [0.05, 0.1) is 0 Å². The van der Waals surface area contributed by atoms with E-state index in [0.717, 1.165) is 16.7 Å². The average molecular weight is 167 g/mol. The maximum absolute atomic E-state index is 10.4. The van der Waals surface area contributed by atoms with Gasteiger partial charge in [0.1, 0.15) is 0 Å². The third kappa shape index (κ3) is 1.60. The summed E-state index contributed by atoms with van der Waals surface area (Å²) in [6, 6.07) is 0. The lowest BCUT2D eigenvalue weighted by atomic mass is 10.2. The van der Waals surface area contributed by atoms with E-state index in [-0.39, 0.29) is 0 Å². The molecule has 3 heteroatoms. The molecule has 1 aromatic heterocycles. The van der Waals surface area contributed by atoms with Crippen molar-refractivity contribution < 1.29 is 4.79 Å². The summed E-state index contributed by atoms with van der Waals surface area (Å²) < 4.78 is 0. The largest absolute Gasteiger partial charge is 0.298 e. The van der Waals surface area contributed by atoms with E-state index in [1.54, 1.807) is 24.2 Å². The van der Waals surface area contributed by atoms with Gasteiger partial charge in [0.15, 0.2) is 6.29 Å². The third-order valence-electron chi connectivity index (χ3n) is 1.55. The number of carbonyl (C=O) groups excluding carboxylic acids is 1. The van der Waals surface area contributed by atoms with Gasteiger partial charge < -0.3 is 0 Å². The van der Waals surface area contributed by atoms with E-state index in [2.05, 4.69) is 4.98 Å². The van der Waals surface area contributed by atoms with Gasteiger partial charge >= 0.3 is 0 Å². The second kappa shape index (κ2) is 3.53. The predicted octanol–water partition coefficient (Wildman–Crippen LogP) is 1.92. The molecular weight excluding hydrogens is 158 g/mol. The number of carbonyl (C=O) groups is 1. The van der Waals surface area contributed by atoms with Crippen LogP contribution in [0.4, 0.5) is 0 Å². The van der Waals surface area contributed by atoms with Crippen molar-refractivity contribution in [3.63, 3.8) is 0 Å². The molecule has 0 atom stereocenters. The molecule has 0 aliphatic heterocycles. The molecule has 58 valence electrons. The monoisotopic (exact) mass is 167 g/mol. The molecule has 1 heterocycles. The van der Waals surface area contributed by atoms with Crippen molar-refractivity contribution in [2.24, 2.45) is 0 Å². The van der Waals surface area contributed by atoms with Crippen LogP contribution in [0.1, 0.15) is 15.9 Å². The Kier molecular flexibility index (Phi) is 2.65. The van der Waals surface area contributed by atoms with Crippen molar-refractivity contribution in [1.82, 2.24) is 4.98 Å². The minimum Gasteiger partial charge on any atom is -0.298 e. The fourth-order valence-corrected chi connectivity index (χ4v) is 1.44. The average Bonchev–Trinajstić information content (AvgIpc) is 2.05. The van der Waals surface area contributed by atoms with Crippen molar-refractivity contribution >= 4 is 18.0 Å². The van der Waals surface area contributed by atoms with Crippen LogP contribution in [0, 0.1) is 6.92 Å².